The zero-order chi connectivity index (χ0) is 12.0. The molecule has 0 atom stereocenters. The number of benzene rings is 1. The molecule has 0 aliphatic carbocycles. The normalized spacial score (nSPS) is 11.4. The van der Waals surface area contributed by atoms with E-state index in [4.69, 9.17) is 0 Å². The van der Waals surface area contributed by atoms with Gasteiger partial charge in [-0.2, -0.15) is 0 Å². The number of nitrogens with zero attached hydrogens (tertiary/aromatic N) is 1. The van der Waals surface area contributed by atoms with Crippen LogP contribution in [0.25, 0.3) is 6.08 Å². The molecule has 0 saturated carbocycles. The molecule has 0 spiro atoms. The van der Waals surface area contributed by atoms with E-state index in [0.29, 0.717) is 0 Å². The summed E-state index contributed by atoms with van der Waals surface area (Å²) in [5, 5.41) is 0. The van der Waals surface area contributed by atoms with Crippen LogP contribution in [-0.4, -0.2) is 24.1 Å². The highest BCUT2D eigenvalue weighted by molar-refractivity contribution is 5.51. The van der Waals surface area contributed by atoms with E-state index >= 15 is 0 Å². The second-order valence-electron chi connectivity index (χ2n) is 4.35. The van der Waals surface area contributed by atoms with Crippen LogP contribution < -0.4 is 0 Å². The third-order valence-electron chi connectivity index (χ3n) is 3.79. The Kier molecular flexibility index (Phi) is 4.75. The molecule has 1 rings (SSSR count). The molecule has 0 N–H and O–H groups in total. The Morgan fingerprint density at radius 2 is 1.62 bits per heavy atom. The Morgan fingerprint density at radius 1 is 1.06 bits per heavy atom. The summed E-state index contributed by atoms with van der Waals surface area (Å²) in [4.78, 5) is 0. The molecular formula is C15H24N+. The second-order valence-corrected chi connectivity index (χ2v) is 4.35. The topological polar surface area (TPSA) is 0 Å². The minimum absolute atomic E-state index is 1.12. The van der Waals surface area contributed by atoms with Gasteiger partial charge in [0.15, 0.2) is 0 Å². The maximum atomic E-state index is 3.89. The van der Waals surface area contributed by atoms with Crippen LogP contribution in [0.5, 0.6) is 0 Å². The van der Waals surface area contributed by atoms with Gasteiger partial charge in [-0.15, -0.1) is 0 Å². The van der Waals surface area contributed by atoms with Gasteiger partial charge in [-0.3, -0.25) is 0 Å². The average molecular weight is 218 g/mol. The molecule has 1 heteroatoms. The first-order chi connectivity index (χ1) is 7.71. The fourth-order valence-corrected chi connectivity index (χ4v) is 2.24. The second kappa shape index (κ2) is 5.86. The summed E-state index contributed by atoms with van der Waals surface area (Å²) in [6.07, 6.45) is 1.96. The standard InChI is InChI=1S/C15H24N/c1-5-14-11-9-10-12-15(14)13-16(6-2,7-3)8-4/h5,9-12H,1,6-8,13H2,2-4H3/q+1. The van der Waals surface area contributed by atoms with Crippen LogP contribution in [0.15, 0.2) is 30.8 Å². The Hall–Kier alpha value is -1.08. The number of hydrogen-bond donors (Lipinski definition) is 0. The van der Waals surface area contributed by atoms with Crippen LogP contribution in [-0.2, 0) is 6.54 Å². The first kappa shape index (κ1) is 13.0. The van der Waals surface area contributed by atoms with Crippen LogP contribution >= 0.6 is 0 Å². The minimum atomic E-state index is 1.12. The zero-order valence-electron chi connectivity index (χ0n) is 10.9. The van der Waals surface area contributed by atoms with E-state index in [1.807, 2.05) is 6.08 Å². The molecule has 0 aliphatic rings. The highest BCUT2D eigenvalue weighted by atomic mass is 15.3. The van der Waals surface area contributed by atoms with Crippen molar-refractivity contribution in [2.24, 2.45) is 0 Å². The molecule has 88 valence electrons. The van der Waals surface area contributed by atoms with Gasteiger partial charge in [-0.1, -0.05) is 36.9 Å². The third-order valence-corrected chi connectivity index (χ3v) is 3.79. The van der Waals surface area contributed by atoms with Gasteiger partial charge < -0.3 is 4.48 Å². The van der Waals surface area contributed by atoms with E-state index in [9.17, 15) is 0 Å². The van der Waals surface area contributed by atoms with Crippen LogP contribution in [0.1, 0.15) is 31.9 Å². The fraction of sp³-hybridized carbons (Fsp3) is 0.467. The van der Waals surface area contributed by atoms with Gasteiger partial charge in [0.1, 0.15) is 6.54 Å². The van der Waals surface area contributed by atoms with Crippen LogP contribution in [0.4, 0.5) is 0 Å². The van der Waals surface area contributed by atoms with Crippen molar-refractivity contribution < 1.29 is 4.48 Å². The maximum absolute atomic E-state index is 3.89. The van der Waals surface area contributed by atoms with Crippen molar-refractivity contribution >= 4 is 6.08 Å². The summed E-state index contributed by atoms with van der Waals surface area (Å²) in [7, 11) is 0. The summed E-state index contributed by atoms with van der Waals surface area (Å²) < 4.78 is 1.16. The summed E-state index contributed by atoms with van der Waals surface area (Å²) in [5.41, 5.74) is 2.70. The number of quaternary nitrogens is 1. The van der Waals surface area contributed by atoms with E-state index in [1.165, 1.54) is 30.8 Å². The first-order valence-electron chi connectivity index (χ1n) is 6.26. The molecule has 1 aromatic rings. The largest absolute Gasteiger partial charge is 0.321 e. The Labute approximate surface area is 100.0 Å². The molecule has 0 fully saturated rings. The van der Waals surface area contributed by atoms with Gasteiger partial charge in [-0.25, -0.2) is 0 Å². The summed E-state index contributed by atoms with van der Waals surface area (Å²) in [6.45, 7) is 15.4. The molecule has 0 heterocycles. The Morgan fingerprint density at radius 3 is 2.12 bits per heavy atom. The Bertz CT molecular complexity index is 329. The SMILES string of the molecule is C=Cc1ccccc1C[N+](CC)(CC)CC. The smallest absolute Gasteiger partial charge is 0.105 e. The molecule has 0 bridgehead atoms. The van der Waals surface area contributed by atoms with E-state index in [1.54, 1.807) is 0 Å². The van der Waals surface area contributed by atoms with E-state index in [-0.39, 0.29) is 0 Å². The predicted molar refractivity (Wildman–Crippen MR) is 72.1 cm³/mol. The molecule has 0 aromatic heterocycles. The number of hydrogen-bond acceptors (Lipinski definition) is 0. The third kappa shape index (κ3) is 2.73. The lowest BCUT2D eigenvalue weighted by molar-refractivity contribution is -0.936. The van der Waals surface area contributed by atoms with Crippen molar-refractivity contribution in [3.8, 4) is 0 Å². The zero-order valence-corrected chi connectivity index (χ0v) is 10.9. The van der Waals surface area contributed by atoms with Crippen LogP contribution in [0.2, 0.25) is 0 Å². The van der Waals surface area contributed by atoms with Gasteiger partial charge in [0.2, 0.25) is 0 Å². The van der Waals surface area contributed by atoms with Crippen molar-refractivity contribution in [2.75, 3.05) is 19.6 Å². The molecule has 16 heavy (non-hydrogen) atoms. The predicted octanol–water partition coefficient (Wildman–Crippen LogP) is 3.71. The molecule has 0 radical (unpaired) electrons. The maximum Gasteiger partial charge on any atom is 0.105 e. The van der Waals surface area contributed by atoms with Gasteiger partial charge in [0, 0.05) is 5.56 Å². The van der Waals surface area contributed by atoms with Crippen molar-refractivity contribution in [1.29, 1.82) is 0 Å². The van der Waals surface area contributed by atoms with Crippen molar-refractivity contribution in [2.45, 2.75) is 27.3 Å². The molecule has 0 amide bonds. The summed E-state index contributed by atoms with van der Waals surface area (Å²) in [6, 6.07) is 8.58. The molecule has 0 unspecified atom stereocenters. The summed E-state index contributed by atoms with van der Waals surface area (Å²) in [5.74, 6) is 0. The van der Waals surface area contributed by atoms with Crippen molar-refractivity contribution in [1.82, 2.24) is 0 Å². The highest BCUT2D eigenvalue weighted by Gasteiger charge is 2.21. The lowest BCUT2D eigenvalue weighted by atomic mass is 10.1. The van der Waals surface area contributed by atoms with Gasteiger partial charge in [0.25, 0.3) is 0 Å². The average Bonchev–Trinajstić information content (AvgIpc) is 2.36. The quantitative estimate of drug-likeness (QED) is 0.639. The van der Waals surface area contributed by atoms with Gasteiger partial charge >= 0.3 is 0 Å². The molecule has 1 aromatic carbocycles. The lowest BCUT2D eigenvalue weighted by Crippen LogP contribution is -2.46. The van der Waals surface area contributed by atoms with Crippen molar-refractivity contribution in [3.63, 3.8) is 0 Å². The molecule has 0 aliphatic heterocycles. The van der Waals surface area contributed by atoms with Crippen molar-refractivity contribution in [3.05, 3.63) is 42.0 Å². The van der Waals surface area contributed by atoms with E-state index < -0.39 is 0 Å². The van der Waals surface area contributed by atoms with E-state index in [2.05, 4.69) is 51.6 Å². The molecule has 0 saturated heterocycles. The lowest BCUT2D eigenvalue weighted by Gasteiger charge is -2.36. The van der Waals surface area contributed by atoms with Crippen LogP contribution in [0, 0.1) is 0 Å². The minimum Gasteiger partial charge on any atom is -0.321 e. The van der Waals surface area contributed by atoms with Crippen LogP contribution in [0.3, 0.4) is 0 Å². The highest BCUT2D eigenvalue weighted by Crippen LogP contribution is 2.18. The Balaban J connectivity index is 2.97. The summed E-state index contributed by atoms with van der Waals surface area (Å²) >= 11 is 0. The number of rotatable bonds is 6. The molecule has 1 nitrogen and oxygen atoms in total. The van der Waals surface area contributed by atoms with Gasteiger partial charge in [-0.05, 0) is 26.3 Å². The fourth-order valence-electron chi connectivity index (χ4n) is 2.24. The molecular weight excluding hydrogens is 194 g/mol. The first-order valence-corrected chi connectivity index (χ1v) is 6.26. The van der Waals surface area contributed by atoms with E-state index in [0.717, 1.165) is 11.0 Å². The monoisotopic (exact) mass is 218 g/mol. The van der Waals surface area contributed by atoms with Gasteiger partial charge in [0.05, 0.1) is 19.6 Å².